The number of nitrogens with zero attached hydrogens (tertiary/aromatic N) is 2. The molecule has 1 aliphatic carbocycles. The van der Waals surface area contributed by atoms with Crippen molar-refractivity contribution in [1.29, 1.82) is 0 Å². The van der Waals surface area contributed by atoms with Gasteiger partial charge in [-0.1, -0.05) is 61.7 Å². The van der Waals surface area contributed by atoms with Crippen LogP contribution in [0.25, 0.3) is 0 Å². The zero-order valence-corrected chi connectivity index (χ0v) is 27.2. The molecule has 0 aliphatic heterocycles. The third-order valence-electron chi connectivity index (χ3n) is 8.04. The van der Waals surface area contributed by atoms with Gasteiger partial charge in [-0.25, -0.2) is 8.42 Å². The summed E-state index contributed by atoms with van der Waals surface area (Å²) in [5.74, 6) is 0.433. The van der Waals surface area contributed by atoms with E-state index in [-0.39, 0.29) is 36.4 Å². The number of benzene rings is 3. The summed E-state index contributed by atoms with van der Waals surface area (Å²) < 4.78 is 43.7. The lowest BCUT2D eigenvalue weighted by Crippen LogP contribution is -2.55. The lowest BCUT2D eigenvalue weighted by Gasteiger charge is -2.35. The minimum absolute atomic E-state index is 0.0202. The van der Waals surface area contributed by atoms with Crippen molar-refractivity contribution < 1.29 is 32.2 Å². The van der Waals surface area contributed by atoms with Gasteiger partial charge in [-0.3, -0.25) is 13.9 Å². The smallest absolute Gasteiger partial charge is 0.244 e. The van der Waals surface area contributed by atoms with Gasteiger partial charge < -0.3 is 24.4 Å². The lowest BCUT2D eigenvalue weighted by atomic mass is 9.94. The van der Waals surface area contributed by atoms with E-state index in [0.717, 1.165) is 53.8 Å². The average Bonchev–Trinajstić information content (AvgIpc) is 3.05. The summed E-state index contributed by atoms with van der Waals surface area (Å²) in [5.41, 5.74) is 1.76. The zero-order valence-electron chi connectivity index (χ0n) is 26.4. The molecule has 0 saturated heterocycles. The van der Waals surface area contributed by atoms with Gasteiger partial charge in [-0.05, 0) is 48.2 Å². The van der Waals surface area contributed by atoms with Crippen LogP contribution in [-0.4, -0.2) is 71.3 Å². The number of amides is 2. The molecule has 0 spiro atoms. The topological polar surface area (TPSA) is 114 Å². The van der Waals surface area contributed by atoms with Gasteiger partial charge in [-0.2, -0.15) is 0 Å². The number of hydrogen-bond donors (Lipinski definition) is 1. The number of hydrogen-bond acceptors (Lipinski definition) is 7. The molecule has 45 heavy (non-hydrogen) atoms. The third-order valence-corrected chi connectivity index (χ3v) is 9.17. The van der Waals surface area contributed by atoms with Gasteiger partial charge in [0.05, 0.1) is 33.3 Å². The summed E-state index contributed by atoms with van der Waals surface area (Å²) in [7, 11) is 0.467. The van der Waals surface area contributed by atoms with E-state index in [1.165, 1.54) is 25.2 Å². The standard InChI is InChI=1S/C34H43N3O7S/c1-42-28-17-11-14-26(20-28)23-36(31(21-25-12-7-5-8-13-25)34(39)35-27-15-9-6-10-16-27)33(38)24-37(45(4,40)41)30-22-29(43-2)18-19-32(30)44-3/h5,7-8,11-14,17-20,22,27,31H,6,9-10,15-16,21,23-24H2,1-4H3,(H,35,39)/t31-/m0/s1. The summed E-state index contributed by atoms with van der Waals surface area (Å²) in [4.78, 5) is 30.0. The van der Waals surface area contributed by atoms with E-state index >= 15 is 0 Å². The predicted octanol–water partition coefficient (Wildman–Crippen LogP) is 4.57. The minimum atomic E-state index is -3.99. The SMILES string of the molecule is COc1cccc(CN(C(=O)CN(c2cc(OC)ccc2OC)S(C)(=O)=O)[C@@H](Cc2ccccc2)C(=O)NC2CCCCC2)c1. The molecular formula is C34H43N3O7S. The highest BCUT2D eigenvalue weighted by molar-refractivity contribution is 7.92. The maximum absolute atomic E-state index is 14.5. The van der Waals surface area contributed by atoms with Crippen LogP contribution >= 0.6 is 0 Å². The molecule has 0 unspecified atom stereocenters. The number of anilines is 1. The van der Waals surface area contributed by atoms with Crippen molar-refractivity contribution in [3.8, 4) is 17.2 Å². The number of carbonyl (C=O) groups is 2. The van der Waals surface area contributed by atoms with Crippen molar-refractivity contribution in [2.75, 3.05) is 38.4 Å². The summed E-state index contributed by atoms with van der Waals surface area (Å²) in [6, 6.07) is 20.6. The fraction of sp³-hybridized carbons (Fsp3) is 0.412. The molecule has 2 amide bonds. The maximum Gasteiger partial charge on any atom is 0.244 e. The second kappa shape index (κ2) is 15.7. The molecule has 1 fully saturated rings. The van der Waals surface area contributed by atoms with Crippen LogP contribution in [-0.2, 0) is 32.6 Å². The summed E-state index contributed by atoms with van der Waals surface area (Å²) in [6.45, 7) is -0.507. The average molecular weight is 638 g/mol. The first-order valence-electron chi connectivity index (χ1n) is 15.1. The summed E-state index contributed by atoms with van der Waals surface area (Å²) >= 11 is 0. The highest BCUT2D eigenvalue weighted by atomic mass is 32.2. The zero-order chi connectivity index (χ0) is 32.4. The fourth-order valence-corrected chi connectivity index (χ4v) is 6.50. The van der Waals surface area contributed by atoms with Gasteiger partial charge in [-0.15, -0.1) is 0 Å². The van der Waals surface area contributed by atoms with Gasteiger partial charge in [0.2, 0.25) is 21.8 Å². The largest absolute Gasteiger partial charge is 0.497 e. The van der Waals surface area contributed by atoms with Gasteiger partial charge in [0.25, 0.3) is 0 Å². The van der Waals surface area contributed by atoms with Gasteiger partial charge in [0.1, 0.15) is 29.8 Å². The van der Waals surface area contributed by atoms with Crippen LogP contribution in [0.2, 0.25) is 0 Å². The molecule has 0 radical (unpaired) electrons. The van der Waals surface area contributed by atoms with Crippen molar-refractivity contribution in [3.05, 3.63) is 83.9 Å². The Morgan fingerprint density at radius 2 is 1.51 bits per heavy atom. The first-order chi connectivity index (χ1) is 21.6. The van der Waals surface area contributed by atoms with Crippen molar-refractivity contribution in [3.63, 3.8) is 0 Å². The van der Waals surface area contributed by atoms with Crippen LogP contribution in [0.5, 0.6) is 17.2 Å². The van der Waals surface area contributed by atoms with E-state index in [1.807, 2.05) is 42.5 Å². The van der Waals surface area contributed by atoms with Crippen molar-refractivity contribution in [1.82, 2.24) is 10.2 Å². The van der Waals surface area contributed by atoms with Gasteiger partial charge >= 0.3 is 0 Å². The molecule has 0 heterocycles. The number of rotatable bonds is 14. The first-order valence-corrected chi connectivity index (χ1v) is 16.9. The van der Waals surface area contributed by atoms with E-state index in [4.69, 9.17) is 14.2 Å². The van der Waals surface area contributed by atoms with Crippen LogP contribution < -0.4 is 23.8 Å². The normalized spacial score (nSPS) is 14.2. The highest BCUT2D eigenvalue weighted by Gasteiger charge is 2.35. The maximum atomic E-state index is 14.5. The molecule has 3 aromatic rings. The Balaban J connectivity index is 1.77. The van der Waals surface area contributed by atoms with Crippen molar-refractivity contribution in [2.24, 2.45) is 0 Å². The van der Waals surface area contributed by atoms with Gasteiger partial charge in [0, 0.05) is 25.1 Å². The number of methoxy groups -OCH3 is 3. The molecular weight excluding hydrogens is 594 g/mol. The Labute approximate surface area is 266 Å². The highest BCUT2D eigenvalue weighted by Crippen LogP contribution is 2.34. The molecule has 1 N–H and O–H groups in total. The van der Waals surface area contributed by atoms with Crippen molar-refractivity contribution >= 4 is 27.5 Å². The Kier molecular flexibility index (Phi) is 11.7. The number of carbonyl (C=O) groups excluding carboxylic acids is 2. The van der Waals surface area contributed by atoms with E-state index in [9.17, 15) is 18.0 Å². The third kappa shape index (κ3) is 9.13. The lowest BCUT2D eigenvalue weighted by molar-refractivity contribution is -0.140. The Bertz CT molecular complexity index is 1540. The molecule has 10 nitrogen and oxygen atoms in total. The second-order valence-electron chi connectivity index (χ2n) is 11.2. The number of nitrogens with one attached hydrogen (secondary N) is 1. The van der Waals surface area contributed by atoms with Crippen LogP contribution in [0.15, 0.2) is 72.8 Å². The van der Waals surface area contributed by atoms with Crippen LogP contribution in [0.4, 0.5) is 5.69 Å². The molecule has 0 bridgehead atoms. The quantitative estimate of drug-likeness (QED) is 0.276. The van der Waals surface area contributed by atoms with E-state index in [1.54, 1.807) is 31.4 Å². The number of ether oxygens (including phenoxy) is 3. The predicted molar refractivity (Wildman–Crippen MR) is 174 cm³/mol. The Morgan fingerprint density at radius 1 is 0.844 bits per heavy atom. The summed E-state index contributed by atoms with van der Waals surface area (Å²) in [6.07, 6.45) is 6.24. The summed E-state index contributed by atoms with van der Waals surface area (Å²) in [5, 5.41) is 3.21. The fourth-order valence-electron chi connectivity index (χ4n) is 5.65. The van der Waals surface area contributed by atoms with Gasteiger partial charge in [0.15, 0.2) is 0 Å². The molecule has 0 aromatic heterocycles. The Hall–Kier alpha value is -4.25. The molecule has 1 atom stereocenters. The minimum Gasteiger partial charge on any atom is -0.497 e. The monoisotopic (exact) mass is 637 g/mol. The molecule has 242 valence electrons. The molecule has 4 rings (SSSR count). The second-order valence-corrected chi connectivity index (χ2v) is 13.1. The molecule has 11 heteroatoms. The van der Waals surface area contributed by atoms with Crippen LogP contribution in [0.3, 0.4) is 0 Å². The van der Waals surface area contributed by atoms with E-state index < -0.39 is 28.5 Å². The number of sulfonamides is 1. The van der Waals surface area contributed by atoms with Crippen molar-refractivity contribution in [2.45, 2.75) is 57.2 Å². The molecule has 1 aliphatic rings. The Morgan fingerprint density at radius 3 is 2.16 bits per heavy atom. The molecule has 3 aromatic carbocycles. The first kappa shape index (κ1) is 33.6. The molecule has 1 saturated carbocycles. The van der Waals surface area contributed by atoms with E-state index in [2.05, 4.69) is 5.32 Å². The van der Waals surface area contributed by atoms with Crippen LogP contribution in [0.1, 0.15) is 43.2 Å². The van der Waals surface area contributed by atoms with E-state index in [0.29, 0.717) is 11.5 Å². The van der Waals surface area contributed by atoms with Crippen LogP contribution in [0, 0.1) is 0 Å².